The number of carbonyl (C=O) groups is 1. The molecule has 2 N–H and O–H groups in total. The monoisotopic (exact) mass is 262 g/mol. The molecule has 2 aromatic rings. The van der Waals surface area contributed by atoms with Crippen molar-refractivity contribution in [3.05, 3.63) is 45.5 Å². The fourth-order valence-corrected chi connectivity index (χ4v) is 1.51. The van der Waals surface area contributed by atoms with Gasteiger partial charge in [0.2, 0.25) is 0 Å². The number of aromatic nitrogens is 3. The van der Waals surface area contributed by atoms with E-state index in [9.17, 15) is 9.59 Å². The second-order valence-corrected chi connectivity index (χ2v) is 4.15. The average molecular weight is 262 g/mol. The van der Waals surface area contributed by atoms with E-state index in [1.165, 1.54) is 0 Å². The van der Waals surface area contributed by atoms with E-state index in [-0.39, 0.29) is 5.91 Å². The fourth-order valence-electron chi connectivity index (χ4n) is 1.51. The number of hydrogen-bond acceptors (Lipinski definition) is 5. The molecule has 2 rings (SSSR count). The number of rotatable bonds is 4. The van der Waals surface area contributed by atoms with Gasteiger partial charge in [-0.05, 0) is 25.5 Å². The second kappa shape index (κ2) is 5.47. The van der Waals surface area contributed by atoms with E-state index in [4.69, 9.17) is 0 Å². The molecule has 7 nitrogen and oxygen atoms in total. The number of pyridine rings is 1. The van der Waals surface area contributed by atoms with Gasteiger partial charge in [-0.1, -0.05) is 11.2 Å². The molecule has 0 aliphatic heterocycles. The van der Waals surface area contributed by atoms with Crippen LogP contribution >= 0.6 is 0 Å². The number of aryl methyl sites for hydroxylation is 2. The SMILES string of the molecule is Cc1ccc(C(=O)NCCc2noc(=O)[nH]2)nc1C. The minimum absolute atomic E-state index is 0.256. The van der Waals surface area contributed by atoms with Crippen LogP contribution in [-0.4, -0.2) is 27.6 Å². The van der Waals surface area contributed by atoms with E-state index in [1.54, 1.807) is 6.07 Å². The summed E-state index contributed by atoms with van der Waals surface area (Å²) >= 11 is 0. The molecular weight excluding hydrogens is 248 g/mol. The van der Waals surface area contributed by atoms with Crippen molar-refractivity contribution in [3.63, 3.8) is 0 Å². The minimum Gasteiger partial charge on any atom is -0.350 e. The van der Waals surface area contributed by atoms with Gasteiger partial charge < -0.3 is 5.32 Å². The lowest BCUT2D eigenvalue weighted by Crippen LogP contribution is -2.27. The summed E-state index contributed by atoms with van der Waals surface area (Å²) in [5.41, 5.74) is 2.24. The predicted octanol–water partition coefficient (Wildman–Crippen LogP) is 0.347. The van der Waals surface area contributed by atoms with Crippen LogP contribution in [0.2, 0.25) is 0 Å². The van der Waals surface area contributed by atoms with Gasteiger partial charge in [0.25, 0.3) is 5.91 Å². The van der Waals surface area contributed by atoms with Gasteiger partial charge in [0.1, 0.15) is 5.69 Å². The van der Waals surface area contributed by atoms with E-state index in [0.29, 0.717) is 24.5 Å². The number of nitrogens with one attached hydrogen (secondary N) is 2. The summed E-state index contributed by atoms with van der Waals surface area (Å²) < 4.78 is 4.35. The summed E-state index contributed by atoms with van der Waals surface area (Å²) in [4.78, 5) is 29.1. The maximum absolute atomic E-state index is 11.8. The standard InChI is InChI=1S/C12H14N4O3/c1-7-3-4-9(14-8(7)2)11(17)13-6-5-10-15-12(18)19-16-10/h3-4H,5-6H2,1-2H3,(H,13,17)(H,15,16,18). The molecule has 0 aromatic carbocycles. The third-order valence-corrected chi connectivity index (χ3v) is 2.72. The third kappa shape index (κ3) is 3.27. The Labute approximate surface area is 109 Å². The topological polar surface area (TPSA) is 101 Å². The lowest BCUT2D eigenvalue weighted by molar-refractivity contribution is 0.0948. The Hall–Kier alpha value is -2.44. The van der Waals surface area contributed by atoms with Crippen molar-refractivity contribution in [1.29, 1.82) is 0 Å². The number of carbonyl (C=O) groups excluding carboxylic acids is 1. The van der Waals surface area contributed by atoms with Crippen LogP contribution in [0.25, 0.3) is 0 Å². The zero-order valence-electron chi connectivity index (χ0n) is 10.7. The number of amides is 1. The molecule has 1 amide bonds. The van der Waals surface area contributed by atoms with Gasteiger partial charge >= 0.3 is 5.76 Å². The van der Waals surface area contributed by atoms with Crippen molar-refractivity contribution in [1.82, 2.24) is 20.4 Å². The smallest absolute Gasteiger partial charge is 0.350 e. The summed E-state index contributed by atoms with van der Waals surface area (Å²) in [6.07, 6.45) is 0.391. The summed E-state index contributed by atoms with van der Waals surface area (Å²) in [6.45, 7) is 4.13. The number of H-pyrrole nitrogens is 1. The Morgan fingerprint density at radius 1 is 1.42 bits per heavy atom. The molecule has 19 heavy (non-hydrogen) atoms. The molecular formula is C12H14N4O3. The molecule has 0 saturated carbocycles. The molecule has 0 atom stereocenters. The van der Waals surface area contributed by atoms with Crippen LogP contribution in [0, 0.1) is 13.8 Å². The van der Waals surface area contributed by atoms with E-state index >= 15 is 0 Å². The largest absolute Gasteiger partial charge is 0.438 e. The van der Waals surface area contributed by atoms with Crippen LogP contribution in [0.15, 0.2) is 21.5 Å². The van der Waals surface area contributed by atoms with Gasteiger partial charge in [0.15, 0.2) is 5.82 Å². The first kappa shape index (κ1) is 13.0. The highest BCUT2D eigenvalue weighted by Gasteiger charge is 2.08. The van der Waals surface area contributed by atoms with Crippen LogP contribution in [0.3, 0.4) is 0 Å². The first-order valence-electron chi connectivity index (χ1n) is 5.83. The first-order valence-corrected chi connectivity index (χ1v) is 5.83. The lowest BCUT2D eigenvalue weighted by atomic mass is 10.2. The number of nitrogens with zero attached hydrogens (tertiary/aromatic N) is 2. The average Bonchev–Trinajstić information content (AvgIpc) is 2.78. The molecule has 0 radical (unpaired) electrons. The van der Waals surface area contributed by atoms with E-state index in [1.807, 2.05) is 19.9 Å². The van der Waals surface area contributed by atoms with Gasteiger partial charge in [0.05, 0.1) is 0 Å². The Bertz CT molecular complexity index is 644. The van der Waals surface area contributed by atoms with Crippen LogP contribution in [-0.2, 0) is 6.42 Å². The summed E-state index contributed by atoms with van der Waals surface area (Å²) in [5.74, 6) is -0.454. The fraction of sp³-hybridized carbons (Fsp3) is 0.333. The molecule has 7 heteroatoms. The van der Waals surface area contributed by atoms with Crippen molar-refractivity contribution in [2.24, 2.45) is 0 Å². The molecule has 2 heterocycles. The molecule has 0 aliphatic rings. The summed E-state index contributed by atoms with van der Waals surface area (Å²) in [7, 11) is 0. The van der Waals surface area contributed by atoms with E-state index in [2.05, 4.69) is 25.0 Å². The van der Waals surface area contributed by atoms with Crippen molar-refractivity contribution in [2.45, 2.75) is 20.3 Å². The zero-order valence-corrected chi connectivity index (χ0v) is 10.7. The molecule has 0 bridgehead atoms. The molecule has 0 saturated heterocycles. The molecule has 0 fully saturated rings. The third-order valence-electron chi connectivity index (χ3n) is 2.72. The Morgan fingerprint density at radius 2 is 2.21 bits per heavy atom. The van der Waals surface area contributed by atoms with E-state index in [0.717, 1.165) is 11.3 Å². The maximum Gasteiger partial charge on any atom is 0.438 e. The van der Waals surface area contributed by atoms with Crippen LogP contribution in [0.5, 0.6) is 0 Å². The molecule has 2 aromatic heterocycles. The lowest BCUT2D eigenvalue weighted by Gasteiger charge is -2.05. The molecule has 0 unspecified atom stereocenters. The Kier molecular flexibility index (Phi) is 3.74. The maximum atomic E-state index is 11.8. The van der Waals surface area contributed by atoms with Crippen LogP contribution in [0.1, 0.15) is 27.6 Å². The van der Waals surface area contributed by atoms with E-state index < -0.39 is 5.76 Å². The quantitative estimate of drug-likeness (QED) is 0.827. The summed E-state index contributed by atoms with van der Waals surface area (Å²) in [6, 6.07) is 3.53. The number of aromatic amines is 1. The highest BCUT2D eigenvalue weighted by molar-refractivity contribution is 5.92. The van der Waals surface area contributed by atoms with Crippen molar-refractivity contribution < 1.29 is 9.32 Å². The Balaban J connectivity index is 1.90. The van der Waals surface area contributed by atoms with Crippen LogP contribution < -0.4 is 11.1 Å². The molecule has 0 spiro atoms. The zero-order chi connectivity index (χ0) is 13.8. The Morgan fingerprint density at radius 3 is 2.84 bits per heavy atom. The van der Waals surface area contributed by atoms with Crippen LogP contribution in [0.4, 0.5) is 0 Å². The highest BCUT2D eigenvalue weighted by Crippen LogP contribution is 2.04. The van der Waals surface area contributed by atoms with Gasteiger partial charge in [0, 0.05) is 18.7 Å². The minimum atomic E-state index is -0.600. The number of hydrogen-bond donors (Lipinski definition) is 2. The molecule has 0 aliphatic carbocycles. The summed E-state index contributed by atoms with van der Waals surface area (Å²) in [5, 5.41) is 6.20. The van der Waals surface area contributed by atoms with Gasteiger partial charge in [-0.3, -0.25) is 14.3 Å². The van der Waals surface area contributed by atoms with Gasteiger partial charge in [-0.2, -0.15) is 0 Å². The van der Waals surface area contributed by atoms with Crippen molar-refractivity contribution in [3.8, 4) is 0 Å². The van der Waals surface area contributed by atoms with Crippen molar-refractivity contribution >= 4 is 5.91 Å². The predicted molar refractivity (Wildman–Crippen MR) is 66.9 cm³/mol. The first-order chi connectivity index (χ1) is 9.06. The normalized spacial score (nSPS) is 10.4. The highest BCUT2D eigenvalue weighted by atomic mass is 16.5. The molecule has 100 valence electrons. The van der Waals surface area contributed by atoms with Crippen molar-refractivity contribution in [2.75, 3.05) is 6.54 Å². The second-order valence-electron chi connectivity index (χ2n) is 4.15. The van der Waals surface area contributed by atoms with Gasteiger partial charge in [-0.15, -0.1) is 0 Å². The van der Waals surface area contributed by atoms with Gasteiger partial charge in [-0.25, -0.2) is 9.78 Å².